The van der Waals surface area contributed by atoms with Crippen LogP contribution in [0.1, 0.15) is 86.2 Å². The lowest BCUT2D eigenvalue weighted by Crippen LogP contribution is -2.09. The van der Waals surface area contributed by atoms with Gasteiger partial charge in [0.2, 0.25) is 0 Å². The van der Waals surface area contributed by atoms with E-state index in [1.165, 1.54) is 0 Å². The van der Waals surface area contributed by atoms with Crippen LogP contribution in [0.3, 0.4) is 0 Å². The van der Waals surface area contributed by atoms with E-state index in [2.05, 4.69) is 208 Å². The smallest absolute Gasteiger partial charge is 0.166 e. The Kier molecular flexibility index (Phi) is 116. The van der Waals surface area contributed by atoms with Crippen molar-refractivity contribution in [3.8, 4) is 17.2 Å². The Hall–Kier alpha value is -2.26. The summed E-state index contributed by atoms with van der Waals surface area (Å²) in [5.41, 5.74) is 5.36. The molecule has 2 aromatic heterocycles. The maximum absolute atomic E-state index is 8.06. The van der Waals surface area contributed by atoms with Crippen molar-refractivity contribution in [3.63, 3.8) is 0 Å². The molecule has 0 aliphatic rings. The molecule has 2 heterocycles. The number of methoxy groups -OCH3 is 3. The molecule has 0 aliphatic carbocycles. The molecule has 0 saturated heterocycles. The molecule has 41 heteroatoms. The van der Waals surface area contributed by atoms with Gasteiger partial charge in [-0.25, -0.2) is 9.53 Å². The van der Waals surface area contributed by atoms with Gasteiger partial charge >= 0.3 is 0 Å². The molecule has 98 heavy (non-hydrogen) atoms. The topological polar surface area (TPSA) is 218 Å². The zero-order chi connectivity index (χ0) is 72.1. The van der Waals surface area contributed by atoms with E-state index < -0.39 is 20.3 Å². The molecule has 0 bridgehead atoms. The van der Waals surface area contributed by atoms with Crippen molar-refractivity contribution in [3.05, 3.63) is 125 Å². The van der Waals surface area contributed by atoms with E-state index in [4.69, 9.17) is 30.6 Å². The summed E-state index contributed by atoms with van der Waals surface area (Å²) >= 11 is 21.8. The SMILES string of the molecule is C.C.C.C.C.C.C=NP=S.C=P.C=P.C=P(C)(C)N(C)N=Cc1ccc(OC)cc1.C=P(C)(C)N=Cc1ccc(OC)cc1.CC=NP=S.CCN(C)N=Cc1ccc(OC)cc1.CN(C)N=Cc1ccc(C=NP(C)(C)=S)cc1.O=P.P=S.P=S.n1pnpnp1.n1pnpnp1. The van der Waals surface area contributed by atoms with Crippen LogP contribution >= 0.6 is 129 Å². The zero-order valence-corrected chi connectivity index (χ0v) is 73.1. The van der Waals surface area contributed by atoms with Crippen molar-refractivity contribution in [1.29, 1.82) is 0 Å². The Bertz CT molecular complexity index is 2970. The van der Waals surface area contributed by atoms with Crippen molar-refractivity contribution in [1.82, 2.24) is 41.9 Å². The molecule has 0 radical (unpaired) electrons. The maximum Gasteiger partial charge on any atom is 0.166 e. The Labute approximate surface area is 643 Å². The fourth-order valence-corrected chi connectivity index (χ4v) is 9.50. The molecule has 0 fully saturated rings. The normalized spacial score (nSPS) is 9.79. The van der Waals surface area contributed by atoms with Crippen LogP contribution in [-0.4, -0.2) is 207 Å². The maximum atomic E-state index is 8.06. The van der Waals surface area contributed by atoms with E-state index in [9.17, 15) is 0 Å². The van der Waals surface area contributed by atoms with Gasteiger partial charge in [-0.15, -0.1) is 17.7 Å². The molecule has 0 spiro atoms. The first-order valence-corrected chi connectivity index (χ1v) is 47.9. The minimum atomic E-state index is -1.50. The second kappa shape index (κ2) is 90.8. The van der Waals surface area contributed by atoms with Gasteiger partial charge in [0.25, 0.3) is 0 Å². The zero-order valence-electron chi connectivity index (χ0n) is 54.2. The van der Waals surface area contributed by atoms with E-state index in [1.54, 1.807) is 41.7 Å². The number of hydrogen-bond acceptors (Lipinski definition) is 22. The Morgan fingerprint density at radius 1 is 0.500 bits per heavy atom. The minimum Gasteiger partial charge on any atom is -0.497 e. The molecule has 0 N–H and O–H groups in total. The van der Waals surface area contributed by atoms with Crippen LogP contribution in [0.2, 0.25) is 0 Å². The highest BCUT2D eigenvalue weighted by Crippen LogP contribution is 2.39. The van der Waals surface area contributed by atoms with E-state index >= 15 is 0 Å². The third-order valence-corrected chi connectivity index (χ3v) is 16.7. The van der Waals surface area contributed by atoms with Gasteiger partial charge in [0.15, 0.2) is 51.1 Å². The number of hydrogen-bond donors (Lipinski definition) is 0. The fourth-order valence-electron chi connectivity index (χ4n) is 4.15. The number of ether oxygens (including phenoxy) is 3. The Balaban J connectivity index is -0.0000000769. The van der Waals surface area contributed by atoms with Gasteiger partial charge in [-0.3, -0.25) is 18.9 Å². The average molecular weight is 1740 g/mol. The van der Waals surface area contributed by atoms with E-state index in [-0.39, 0.29) is 44.6 Å². The Morgan fingerprint density at radius 2 is 0.755 bits per heavy atom. The highest BCUT2D eigenvalue weighted by molar-refractivity contribution is 8.13. The summed E-state index contributed by atoms with van der Waals surface area (Å²) in [5, 5.41) is 16.4. The van der Waals surface area contributed by atoms with Crippen LogP contribution in [0.15, 0.2) is 131 Å². The lowest BCUT2D eigenvalue weighted by Gasteiger charge is -2.23. The van der Waals surface area contributed by atoms with Crippen molar-refractivity contribution in [2.45, 2.75) is 58.4 Å². The van der Waals surface area contributed by atoms with Gasteiger partial charge < -0.3 is 24.2 Å². The van der Waals surface area contributed by atoms with Gasteiger partial charge in [0.1, 0.15) is 41.4 Å². The molecule has 0 atom stereocenters. The van der Waals surface area contributed by atoms with E-state index in [0.29, 0.717) is 15.0 Å². The second-order valence-electron chi connectivity index (χ2n) is 16.8. The summed E-state index contributed by atoms with van der Waals surface area (Å²) in [5.74, 6) is 2.59. The summed E-state index contributed by atoms with van der Waals surface area (Å²) in [6, 6.07) is 31.5. The summed E-state index contributed by atoms with van der Waals surface area (Å²) in [4.78, 5) is 0. The van der Waals surface area contributed by atoms with Crippen LogP contribution in [0.5, 0.6) is 17.2 Å². The lowest BCUT2D eigenvalue weighted by atomic mass is 10.2. The van der Waals surface area contributed by atoms with Crippen molar-refractivity contribution >= 4 is 257 Å². The van der Waals surface area contributed by atoms with Gasteiger partial charge in [0, 0.05) is 53.4 Å². The summed E-state index contributed by atoms with van der Waals surface area (Å²) in [6.45, 7) is 20.4. The second-order valence-corrected chi connectivity index (χ2v) is 36.8. The van der Waals surface area contributed by atoms with E-state index in [1.807, 2.05) is 186 Å². The average Bonchev–Trinajstić information content (AvgIpc) is 0.935. The first-order valence-electron chi connectivity index (χ1n) is 25.0. The standard InChI is InChI=1S/C12H18N3PS.C12H19N2OP.C11H16N2O.C11H16NOP.C2H4NPS.CH2NPS.2CH3P.6CH4.2N3P3.HOP.2HPS/c1-15(2)13-9-11-5-7-12(8-6-11)10-14-16(3,4)17;1-14(16(3,4)5)13-10-11-6-8-12(15-2)9-7-11;1-4-13(2)12-9-10-5-7-11(14-3)8-6-10;1-13-11-7-5-10(6-8-11)9-12-14(2,3)4;1-2-3-4-5;1-2-3-4;2*1-2;;;;;;;2*1-4-2-6-3-5-1;3*1-2/h5-10H,1-4H3;6-10H,3H2,1-2,4-5H3;5-9H,4H2,1-3H3;5-9H,2H2,1,3-4H3;2H,1H3;1H2;2*2H,1H2;6*1H4;;;2H;2*1H. The number of hydrazone groups is 3. The Morgan fingerprint density at radius 3 is 0.949 bits per heavy atom. The third-order valence-electron chi connectivity index (χ3n) is 8.45. The van der Waals surface area contributed by atoms with Crippen molar-refractivity contribution in [2.75, 3.05) is 96.1 Å². The first-order chi connectivity index (χ1) is 43.9. The summed E-state index contributed by atoms with van der Waals surface area (Å²) in [6.07, 6.45) is 23.7. The molecular formula is C57H108N16O4P16S5. The molecular weight excluding hydrogens is 1630 g/mol. The van der Waals surface area contributed by atoms with Crippen LogP contribution in [0.25, 0.3) is 0 Å². The molecule has 0 unspecified atom stereocenters. The number of nitrogens with zero attached hydrogens (tertiary/aromatic N) is 16. The van der Waals surface area contributed by atoms with Crippen molar-refractivity contribution < 1.29 is 18.8 Å². The number of rotatable bonds is 17. The van der Waals surface area contributed by atoms with Crippen molar-refractivity contribution in [2.24, 2.45) is 34.4 Å². The molecule has 550 valence electrons. The van der Waals surface area contributed by atoms with Gasteiger partial charge in [-0.1, -0.05) is 129 Å². The minimum absolute atomic E-state index is 0. The lowest BCUT2D eigenvalue weighted by molar-refractivity contribution is 0.377. The third kappa shape index (κ3) is 91.8. The molecule has 0 aliphatic heterocycles. The largest absolute Gasteiger partial charge is 0.497 e. The molecule has 0 saturated carbocycles. The molecule has 6 aromatic rings. The molecule has 6 rings (SSSR count). The van der Waals surface area contributed by atoms with Gasteiger partial charge in [0.05, 0.1) is 46.2 Å². The summed E-state index contributed by atoms with van der Waals surface area (Å²) in [7, 11) is 28.6. The van der Waals surface area contributed by atoms with Gasteiger partial charge in [-0.2, -0.15) is 42.4 Å². The number of aromatic nitrogens is 6. The predicted octanol–water partition coefficient (Wildman–Crippen LogP) is 22.2. The monoisotopic (exact) mass is 1740 g/mol. The highest BCUT2D eigenvalue weighted by Gasteiger charge is 2.03. The van der Waals surface area contributed by atoms with Crippen LogP contribution in [0, 0.1) is 0 Å². The first kappa shape index (κ1) is 126. The molecule has 4 aromatic carbocycles. The summed E-state index contributed by atoms with van der Waals surface area (Å²) < 4.78 is 63.6. The predicted molar refractivity (Wildman–Crippen MR) is 500 cm³/mol. The van der Waals surface area contributed by atoms with Crippen LogP contribution < -0.4 is 14.2 Å². The van der Waals surface area contributed by atoms with E-state index in [0.717, 1.165) is 103 Å². The highest BCUT2D eigenvalue weighted by atomic mass is 32.4. The number of benzene rings is 4. The fraction of sp³-hybridized carbons (Fsp3) is 0.386. The molecule has 20 nitrogen and oxygen atoms in total. The van der Waals surface area contributed by atoms with Crippen LogP contribution in [-0.2, 0) is 63.6 Å². The molecule has 0 amide bonds. The van der Waals surface area contributed by atoms with Crippen LogP contribution in [0.4, 0.5) is 0 Å². The quantitative estimate of drug-likeness (QED) is 0.0471. The van der Waals surface area contributed by atoms with Gasteiger partial charge in [-0.05, 0) is 215 Å².